The molecule has 0 saturated carbocycles. The summed E-state index contributed by atoms with van der Waals surface area (Å²) < 4.78 is 0. The van der Waals surface area contributed by atoms with E-state index in [1.807, 2.05) is 24.4 Å². The van der Waals surface area contributed by atoms with Crippen LogP contribution in [0, 0.1) is 14.0 Å². The molecule has 1 nitrogen and oxygen atoms in total. The van der Waals surface area contributed by atoms with Gasteiger partial charge in [0.05, 0.1) is 6.54 Å². The number of rotatable bonds is 2. The van der Waals surface area contributed by atoms with Gasteiger partial charge < -0.3 is 5.32 Å². The predicted octanol–water partition coefficient (Wildman–Crippen LogP) is 1.50. The summed E-state index contributed by atoms with van der Waals surface area (Å²) in [6.07, 6.45) is 0. The average molecular weight is 170 g/mol. The van der Waals surface area contributed by atoms with E-state index in [-0.39, 0.29) is 0 Å². The molecular formula is C9H12ClN. The minimum Gasteiger partial charge on any atom is -0.475 e. The summed E-state index contributed by atoms with van der Waals surface area (Å²) in [5, 5.41) is 2.72. The van der Waals surface area contributed by atoms with Gasteiger partial charge in [0.15, 0.2) is 0 Å². The van der Waals surface area contributed by atoms with Crippen LogP contribution in [0.15, 0.2) is 18.2 Å². The van der Waals surface area contributed by atoms with Gasteiger partial charge in [0.25, 0.3) is 0 Å². The van der Waals surface area contributed by atoms with Crippen LogP contribution in [0.4, 0.5) is 0 Å². The van der Waals surface area contributed by atoms with E-state index in [1.54, 1.807) is 0 Å². The first-order valence-electron chi connectivity index (χ1n) is 3.60. The molecule has 0 aliphatic rings. The van der Waals surface area contributed by atoms with Crippen LogP contribution in [-0.2, 0) is 6.54 Å². The number of hydrogen-bond donors (Lipinski definition) is 1. The highest BCUT2D eigenvalue weighted by Crippen LogP contribution is 2.17. The van der Waals surface area contributed by atoms with Crippen LogP contribution >= 0.6 is 11.6 Å². The molecule has 0 unspecified atom stereocenters. The third-order valence-corrected chi connectivity index (χ3v) is 2.15. The van der Waals surface area contributed by atoms with Gasteiger partial charge in [-0.25, -0.2) is 0 Å². The van der Waals surface area contributed by atoms with Crippen molar-refractivity contribution in [3.63, 3.8) is 0 Å². The van der Waals surface area contributed by atoms with Crippen molar-refractivity contribution in [2.45, 2.75) is 13.5 Å². The van der Waals surface area contributed by atoms with Crippen molar-refractivity contribution in [3.05, 3.63) is 41.4 Å². The van der Waals surface area contributed by atoms with Crippen molar-refractivity contribution in [3.8, 4) is 0 Å². The molecule has 0 bridgehead atoms. The number of hydrogen-bond acceptors (Lipinski definition) is 0. The van der Waals surface area contributed by atoms with E-state index < -0.39 is 0 Å². The normalized spacial score (nSPS) is 10.1. The lowest BCUT2D eigenvalue weighted by atomic mass is 10.1. The Bertz CT molecular complexity index is 245. The van der Waals surface area contributed by atoms with Crippen LogP contribution in [0.25, 0.3) is 0 Å². The Labute approximate surface area is 72.4 Å². The molecule has 2 N–H and O–H groups in total. The average Bonchev–Trinajstić information content (AvgIpc) is 1.99. The molecule has 60 valence electrons. The quantitative estimate of drug-likeness (QED) is 0.647. The maximum atomic E-state index is 5.92. The zero-order valence-electron chi connectivity index (χ0n) is 6.60. The topological polar surface area (TPSA) is 16.6 Å². The number of benzene rings is 1. The Morgan fingerprint density at radius 1 is 1.55 bits per heavy atom. The van der Waals surface area contributed by atoms with Gasteiger partial charge in [0.2, 0.25) is 0 Å². The fourth-order valence-electron chi connectivity index (χ4n) is 1.03. The molecule has 0 aliphatic carbocycles. The Morgan fingerprint density at radius 3 is 2.91 bits per heavy atom. The standard InChI is InChI=1S/C9H12ClN/c1-7-8(6-11-2)4-3-5-9(7)10/h3-5H,2,6,11H2,1H3. The van der Waals surface area contributed by atoms with Crippen molar-refractivity contribution in [1.82, 2.24) is 0 Å². The zero-order valence-corrected chi connectivity index (χ0v) is 7.36. The van der Waals surface area contributed by atoms with Gasteiger partial charge in [-0.1, -0.05) is 23.7 Å². The summed E-state index contributed by atoms with van der Waals surface area (Å²) in [5.74, 6) is 0. The van der Waals surface area contributed by atoms with E-state index in [4.69, 9.17) is 11.6 Å². The van der Waals surface area contributed by atoms with Crippen LogP contribution < -0.4 is 5.32 Å². The smallest absolute Gasteiger partial charge is 0.0776 e. The zero-order chi connectivity index (χ0) is 8.27. The Morgan fingerprint density at radius 2 is 2.27 bits per heavy atom. The van der Waals surface area contributed by atoms with E-state index in [1.165, 1.54) is 5.56 Å². The van der Waals surface area contributed by atoms with Crippen LogP contribution in [0.1, 0.15) is 11.1 Å². The Hall–Kier alpha value is -0.530. The highest BCUT2D eigenvalue weighted by atomic mass is 35.5. The van der Waals surface area contributed by atoms with Crippen molar-refractivity contribution in [2.75, 3.05) is 0 Å². The fraction of sp³-hybridized carbons (Fsp3) is 0.222. The van der Waals surface area contributed by atoms with Crippen molar-refractivity contribution >= 4 is 11.6 Å². The third-order valence-electron chi connectivity index (χ3n) is 1.74. The monoisotopic (exact) mass is 169 g/mol. The van der Waals surface area contributed by atoms with E-state index in [2.05, 4.69) is 13.1 Å². The molecule has 1 aromatic carbocycles. The largest absolute Gasteiger partial charge is 0.475 e. The molecule has 0 radical (unpaired) electrons. The number of nitrogens with two attached hydrogens (primary N) is 1. The summed E-state index contributed by atoms with van der Waals surface area (Å²) >= 11 is 5.92. The molecule has 0 fully saturated rings. The lowest BCUT2D eigenvalue weighted by molar-refractivity contribution is -0.612. The van der Waals surface area contributed by atoms with Gasteiger partial charge in [-0.2, -0.15) is 7.05 Å². The molecule has 0 aromatic heterocycles. The van der Waals surface area contributed by atoms with Crippen molar-refractivity contribution in [2.24, 2.45) is 0 Å². The van der Waals surface area contributed by atoms with Crippen molar-refractivity contribution < 1.29 is 5.32 Å². The first-order chi connectivity index (χ1) is 5.25. The van der Waals surface area contributed by atoms with E-state index in [0.717, 1.165) is 17.1 Å². The molecule has 0 aliphatic heterocycles. The number of halogens is 1. The SMILES string of the molecule is [CH2-][NH2+]Cc1cccc(Cl)c1C. The molecule has 0 atom stereocenters. The molecule has 2 heteroatoms. The van der Waals surface area contributed by atoms with Crippen LogP contribution in [-0.4, -0.2) is 0 Å². The third kappa shape index (κ3) is 1.95. The van der Waals surface area contributed by atoms with Gasteiger partial charge in [0, 0.05) is 10.6 Å². The van der Waals surface area contributed by atoms with Crippen LogP contribution in [0.2, 0.25) is 5.02 Å². The van der Waals surface area contributed by atoms with E-state index >= 15 is 0 Å². The van der Waals surface area contributed by atoms with E-state index in [0.29, 0.717) is 0 Å². The fourth-order valence-corrected chi connectivity index (χ4v) is 1.22. The molecule has 1 aromatic rings. The molecule has 0 heterocycles. The molecule has 0 saturated heterocycles. The lowest BCUT2D eigenvalue weighted by Gasteiger charge is -2.05. The van der Waals surface area contributed by atoms with Crippen LogP contribution in [0.3, 0.4) is 0 Å². The Kier molecular flexibility index (Phi) is 2.92. The second kappa shape index (κ2) is 3.74. The number of quaternary nitrogens is 1. The first-order valence-corrected chi connectivity index (χ1v) is 3.98. The highest BCUT2D eigenvalue weighted by Gasteiger charge is 1.99. The van der Waals surface area contributed by atoms with Gasteiger partial charge in [-0.15, -0.1) is 0 Å². The summed E-state index contributed by atoms with van der Waals surface area (Å²) in [6, 6.07) is 5.94. The van der Waals surface area contributed by atoms with Gasteiger partial charge in [0.1, 0.15) is 0 Å². The summed E-state index contributed by atoms with van der Waals surface area (Å²) in [6.45, 7) is 2.92. The van der Waals surface area contributed by atoms with Gasteiger partial charge >= 0.3 is 0 Å². The molecule has 0 spiro atoms. The molecule has 1 rings (SSSR count). The van der Waals surface area contributed by atoms with Crippen LogP contribution in [0.5, 0.6) is 0 Å². The minimum absolute atomic E-state index is 0.837. The Balaban J connectivity index is 2.96. The second-order valence-electron chi connectivity index (χ2n) is 2.52. The maximum absolute atomic E-state index is 5.92. The van der Waals surface area contributed by atoms with Gasteiger partial charge in [-0.3, -0.25) is 0 Å². The van der Waals surface area contributed by atoms with Gasteiger partial charge in [-0.05, 0) is 18.6 Å². The maximum Gasteiger partial charge on any atom is 0.0776 e. The van der Waals surface area contributed by atoms with E-state index in [9.17, 15) is 0 Å². The predicted molar refractivity (Wildman–Crippen MR) is 47.2 cm³/mol. The highest BCUT2D eigenvalue weighted by molar-refractivity contribution is 6.31. The molecule has 11 heavy (non-hydrogen) atoms. The van der Waals surface area contributed by atoms with Crippen molar-refractivity contribution in [1.29, 1.82) is 0 Å². The summed E-state index contributed by atoms with van der Waals surface area (Å²) in [5.41, 5.74) is 2.42. The lowest BCUT2D eigenvalue weighted by Crippen LogP contribution is -2.74. The summed E-state index contributed by atoms with van der Waals surface area (Å²) in [7, 11) is 3.68. The first kappa shape index (κ1) is 8.57. The minimum atomic E-state index is 0.837. The second-order valence-corrected chi connectivity index (χ2v) is 2.92. The molecule has 0 amide bonds. The molecular weight excluding hydrogens is 158 g/mol. The summed E-state index contributed by atoms with van der Waals surface area (Å²) in [4.78, 5) is 0.